The molecule has 0 aliphatic heterocycles. The summed E-state index contributed by atoms with van der Waals surface area (Å²) in [7, 11) is 0. The van der Waals surface area contributed by atoms with Crippen molar-refractivity contribution in [2.24, 2.45) is 0 Å². The highest BCUT2D eigenvalue weighted by Crippen LogP contribution is 2.16. The summed E-state index contributed by atoms with van der Waals surface area (Å²) in [6.07, 6.45) is 1.02. The molecule has 1 unspecified atom stereocenters. The molecule has 1 aromatic carbocycles. The maximum Gasteiger partial charge on any atom is 0.223 e. The van der Waals surface area contributed by atoms with Gasteiger partial charge in [-0.15, -0.1) is 0 Å². The summed E-state index contributed by atoms with van der Waals surface area (Å²) in [4.78, 5) is 11.6. The maximum absolute atomic E-state index is 11.6. The number of aliphatic hydroxyl groups excluding tert-OH is 1. The summed E-state index contributed by atoms with van der Waals surface area (Å²) in [5.74, 6) is 0.699. The van der Waals surface area contributed by atoms with E-state index in [1.54, 1.807) is 0 Å². The van der Waals surface area contributed by atoms with Gasteiger partial charge in [0.05, 0.1) is 25.7 Å². The van der Waals surface area contributed by atoms with Crippen molar-refractivity contribution in [1.82, 2.24) is 5.32 Å². The number of carbonyl (C=O) groups excluding carboxylic acids is 1. The average molecular weight is 265 g/mol. The fourth-order valence-corrected chi connectivity index (χ4v) is 1.85. The van der Waals surface area contributed by atoms with Crippen LogP contribution in [0.25, 0.3) is 0 Å². The molecule has 0 heterocycles. The van der Waals surface area contributed by atoms with E-state index >= 15 is 0 Å². The number of rotatable bonds is 7. The molecule has 0 saturated carbocycles. The molecular formula is C15H23NO3. The Morgan fingerprint density at radius 1 is 1.32 bits per heavy atom. The summed E-state index contributed by atoms with van der Waals surface area (Å²) in [6, 6.07) is 5.82. The van der Waals surface area contributed by atoms with Crippen LogP contribution in [0.1, 0.15) is 30.9 Å². The molecule has 0 fully saturated rings. The van der Waals surface area contributed by atoms with E-state index in [9.17, 15) is 4.79 Å². The van der Waals surface area contributed by atoms with Gasteiger partial charge >= 0.3 is 0 Å². The van der Waals surface area contributed by atoms with Crippen molar-refractivity contribution < 1.29 is 14.6 Å². The van der Waals surface area contributed by atoms with E-state index in [0.29, 0.717) is 13.0 Å². The van der Waals surface area contributed by atoms with Crippen molar-refractivity contribution in [3.63, 3.8) is 0 Å². The van der Waals surface area contributed by atoms with E-state index in [-0.39, 0.29) is 18.6 Å². The van der Waals surface area contributed by atoms with Crippen molar-refractivity contribution in [3.8, 4) is 5.75 Å². The number of carbonyl (C=O) groups is 1. The van der Waals surface area contributed by atoms with Gasteiger partial charge in [-0.05, 0) is 43.5 Å². The lowest BCUT2D eigenvalue weighted by Crippen LogP contribution is -2.37. The Morgan fingerprint density at radius 2 is 1.95 bits per heavy atom. The van der Waals surface area contributed by atoms with Crippen molar-refractivity contribution in [1.29, 1.82) is 0 Å². The Kier molecular flexibility index (Phi) is 6.36. The lowest BCUT2D eigenvalue weighted by molar-refractivity contribution is -0.122. The number of hydrogen-bond acceptors (Lipinski definition) is 3. The number of ether oxygens (including phenoxy) is 1. The third-order valence-corrected chi connectivity index (χ3v) is 2.87. The molecule has 19 heavy (non-hydrogen) atoms. The first-order valence-corrected chi connectivity index (χ1v) is 6.66. The standard InChI is InChI=1S/C15H23NO3/c1-4-13(10-17)16-15(18)5-6-19-14-8-11(2)7-12(3)9-14/h7-9,13,17H,4-6,10H2,1-3H3,(H,16,18). The van der Waals surface area contributed by atoms with E-state index < -0.39 is 0 Å². The van der Waals surface area contributed by atoms with Crippen LogP contribution >= 0.6 is 0 Å². The molecule has 0 saturated heterocycles. The van der Waals surface area contributed by atoms with Gasteiger partial charge in [0.25, 0.3) is 0 Å². The molecule has 0 bridgehead atoms. The number of aliphatic hydroxyl groups is 1. The van der Waals surface area contributed by atoms with Crippen LogP contribution in [0.15, 0.2) is 18.2 Å². The van der Waals surface area contributed by atoms with Gasteiger partial charge < -0.3 is 15.2 Å². The number of amides is 1. The molecule has 0 spiro atoms. The predicted octanol–water partition coefficient (Wildman–Crippen LogP) is 1.96. The number of aryl methyl sites for hydroxylation is 2. The number of nitrogens with one attached hydrogen (secondary N) is 1. The van der Waals surface area contributed by atoms with Crippen molar-refractivity contribution in [2.45, 2.75) is 39.7 Å². The van der Waals surface area contributed by atoms with Crippen molar-refractivity contribution >= 4 is 5.91 Å². The average Bonchev–Trinajstić information content (AvgIpc) is 2.34. The Hall–Kier alpha value is -1.55. The summed E-state index contributed by atoms with van der Waals surface area (Å²) in [5, 5.41) is 11.7. The lowest BCUT2D eigenvalue weighted by Gasteiger charge is -2.14. The van der Waals surface area contributed by atoms with Gasteiger partial charge in [0, 0.05) is 0 Å². The molecule has 1 atom stereocenters. The van der Waals surface area contributed by atoms with Crippen LogP contribution in [0.5, 0.6) is 5.75 Å². The van der Waals surface area contributed by atoms with Gasteiger partial charge in [-0.25, -0.2) is 0 Å². The minimum atomic E-state index is -0.159. The number of benzene rings is 1. The smallest absolute Gasteiger partial charge is 0.223 e. The molecule has 1 amide bonds. The Morgan fingerprint density at radius 3 is 2.47 bits per heavy atom. The van der Waals surface area contributed by atoms with Gasteiger partial charge in [-0.1, -0.05) is 13.0 Å². The molecule has 106 valence electrons. The van der Waals surface area contributed by atoms with Gasteiger partial charge in [0.1, 0.15) is 5.75 Å². The molecule has 1 aromatic rings. The summed E-state index contributed by atoms with van der Waals surface area (Å²) in [6.45, 7) is 6.27. The van der Waals surface area contributed by atoms with Gasteiger partial charge in [-0.2, -0.15) is 0 Å². The van der Waals surface area contributed by atoms with E-state index in [2.05, 4.69) is 11.4 Å². The SMILES string of the molecule is CCC(CO)NC(=O)CCOc1cc(C)cc(C)c1. The Bertz CT molecular complexity index is 394. The second-order valence-corrected chi connectivity index (χ2v) is 4.78. The molecule has 0 aromatic heterocycles. The van der Waals surface area contributed by atoms with Gasteiger partial charge in [0.15, 0.2) is 0 Å². The molecule has 0 radical (unpaired) electrons. The highest BCUT2D eigenvalue weighted by Gasteiger charge is 2.09. The normalized spacial score (nSPS) is 12.0. The van der Waals surface area contributed by atoms with E-state index in [1.165, 1.54) is 0 Å². The quantitative estimate of drug-likeness (QED) is 0.792. The fourth-order valence-electron chi connectivity index (χ4n) is 1.85. The number of hydrogen-bond donors (Lipinski definition) is 2. The van der Waals surface area contributed by atoms with E-state index in [0.717, 1.165) is 23.3 Å². The van der Waals surface area contributed by atoms with Crippen LogP contribution in [0.4, 0.5) is 0 Å². The van der Waals surface area contributed by atoms with Gasteiger partial charge in [0.2, 0.25) is 5.91 Å². The molecule has 2 N–H and O–H groups in total. The zero-order valence-electron chi connectivity index (χ0n) is 11.9. The van der Waals surface area contributed by atoms with Gasteiger partial charge in [-0.3, -0.25) is 4.79 Å². The van der Waals surface area contributed by atoms with Crippen molar-refractivity contribution in [2.75, 3.05) is 13.2 Å². The molecule has 0 aliphatic carbocycles. The van der Waals surface area contributed by atoms with Crippen LogP contribution in [0.2, 0.25) is 0 Å². The van der Waals surface area contributed by atoms with Crippen molar-refractivity contribution in [3.05, 3.63) is 29.3 Å². The van der Waals surface area contributed by atoms with Crippen LogP contribution in [-0.2, 0) is 4.79 Å². The molecular weight excluding hydrogens is 242 g/mol. The Balaban J connectivity index is 2.35. The first-order valence-electron chi connectivity index (χ1n) is 6.66. The third-order valence-electron chi connectivity index (χ3n) is 2.87. The second-order valence-electron chi connectivity index (χ2n) is 4.78. The summed E-state index contributed by atoms with van der Waals surface area (Å²) >= 11 is 0. The Labute approximate surface area is 114 Å². The van der Waals surface area contributed by atoms with E-state index in [1.807, 2.05) is 32.9 Å². The minimum Gasteiger partial charge on any atom is -0.493 e. The molecule has 4 heteroatoms. The highest BCUT2D eigenvalue weighted by molar-refractivity contribution is 5.76. The van der Waals surface area contributed by atoms with Crippen LogP contribution in [0, 0.1) is 13.8 Å². The molecule has 1 rings (SSSR count). The third kappa shape index (κ3) is 5.75. The second kappa shape index (κ2) is 7.79. The first-order chi connectivity index (χ1) is 9.05. The van der Waals surface area contributed by atoms with Crippen LogP contribution in [-0.4, -0.2) is 30.3 Å². The first kappa shape index (κ1) is 15.5. The lowest BCUT2D eigenvalue weighted by atomic mass is 10.1. The zero-order valence-corrected chi connectivity index (χ0v) is 11.9. The molecule has 0 aliphatic rings. The largest absolute Gasteiger partial charge is 0.493 e. The van der Waals surface area contributed by atoms with E-state index in [4.69, 9.17) is 9.84 Å². The minimum absolute atomic E-state index is 0.0276. The summed E-state index contributed by atoms with van der Waals surface area (Å²) < 4.78 is 5.56. The van der Waals surface area contributed by atoms with Crippen LogP contribution < -0.4 is 10.1 Å². The predicted molar refractivity (Wildman–Crippen MR) is 75.3 cm³/mol. The highest BCUT2D eigenvalue weighted by atomic mass is 16.5. The fraction of sp³-hybridized carbons (Fsp3) is 0.533. The summed E-state index contributed by atoms with van der Waals surface area (Å²) in [5.41, 5.74) is 2.29. The molecule has 4 nitrogen and oxygen atoms in total. The topological polar surface area (TPSA) is 58.6 Å². The van der Waals surface area contributed by atoms with Crippen LogP contribution in [0.3, 0.4) is 0 Å². The zero-order chi connectivity index (χ0) is 14.3. The monoisotopic (exact) mass is 265 g/mol. The maximum atomic E-state index is 11.6.